The number of thiol groups is 1. The van der Waals surface area contributed by atoms with E-state index >= 15 is 0 Å². The average Bonchev–Trinajstić information content (AvgIpc) is 1.85. The van der Waals surface area contributed by atoms with Crippen molar-refractivity contribution >= 4 is 18.6 Å². The van der Waals surface area contributed by atoms with Crippen LogP contribution in [-0.4, -0.2) is 22.9 Å². The lowest BCUT2D eigenvalue weighted by Gasteiger charge is -2.05. The first-order chi connectivity index (χ1) is 4.66. The van der Waals surface area contributed by atoms with E-state index in [1.165, 1.54) is 0 Å². The maximum absolute atomic E-state index is 10.0. The maximum atomic E-state index is 10.0. The second-order valence-corrected chi connectivity index (χ2v) is 2.89. The van der Waals surface area contributed by atoms with Crippen LogP contribution in [0.2, 0.25) is 0 Å². The molecule has 0 bridgehead atoms. The van der Waals surface area contributed by atoms with Gasteiger partial charge in [0.15, 0.2) is 0 Å². The van der Waals surface area contributed by atoms with Crippen LogP contribution in [0.5, 0.6) is 0 Å². The summed E-state index contributed by atoms with van der Waals surface area (Å²) in [5.74, 6) is -0.768. The molecule has 0 aromatic rings. The summed E-state index contributed by atoms with van der Waals surface area (Å²) in [6.07, 6.45) is 1.58. The molecule has 10 heavy (non-hydrogen) atoms. The highest BCUT2D eigenvalue weighted by molar-refractivity contribution is 7.80. The van der Waals surface area contributed by atoms with Crippen molar-refractivity contribution in [1.29, 1.82) is 0 Å². The van der Waals surface area contributed by atoms with E-state index in [1.807, 2.05) is 0 Å². The zero-order valence-corrected chi connectivity index (χ0v) is 6.68. The SMILES string of the molecule is NCCC(S)CCC(=O)O. The molecule has 3 nitrogen and oxygen atoms in total. The molecule has 0 heterocycles. The standard InChI is InChI=1S/C6H13NO2S/c7-4-3-5(10)1-2-6(8)9/h5,10H,1-4,7H2,(H,8,9). The van der Waals surface area contributed by atoms with Gasteiger partial charge in [-0.25, -0.2) is 0 Å². The molecule has 0 rings (SSSR count). The van der Waals surface area contributed by atoms with Crippen molar-refractivity contribution in [2.45, 2.75) is 24.5 Å². The Kier molecular flexibility index (Phi) is 5.43. The van der Waals surface area contributed by atoms with E-state index in [0.29, 0.717) is 13.0 Å². The van der Waals surface area contributed by atoms with Crippen molar-refractivity contribution < 1.29 is 9.90 Å². The van der Waals surface area contributed by atoms with E-state index in [-0.39, 0.29) is 11.7 Å². The molecule has 0 fully saturated rings. The predicted molar refractivity (Wildman–Crippen MR) is 43.3 cm³/mol. The zero-order valence-electron chi connectivity index (χ0n) is 5.79. The second-order valence-electron chi connectivity index (χ2n) is 2.16. The Balaban J connectivity index is 3.21. The van der Waals surface area contributed by atoms with Crippen LogP contribution in [-0.2, 0) is 4.79 Å². The Hall–Kier alpha value is -0.220. The van der Waals surface area contributed by atoms with Gasteiger partial charge in [-0.15, -0.1) is 0 Å². The molecule has 0 saturated carbocycles. The van der Waals surface area contributed by atoms with Gasteiger partial charge in [-0.2, -0.15) is 12.6 Å². The van der Waals surface area contributed by atoms with Gasteiger partial charge in [0.05, 0.1) is 0 Å². The van der Waals surface area contributed by atoms with Crippen LogP contribution in [0.25, 0.3) is 0 Å². The van der Waals surface area contributed by atoms with Crippen molar-refractivity contribution in [3.8, 4) is 0 Å². The fourth-order valence-corrected chi connectivity index (χ4v) is 0.905. The summed E-state index contributed by atoms with van der Waals surface area (Å²) >= 11 is 4.14. The highest BCUT2D eigenvalue weighted by Crippen LogP contribution is 2.07. The number of nitrogens with two attached hydrogens (primary N) is 1. The normalized spacial score (nSPS) is 13.0. The Morgan fingerprint density at radius 2 is 2.20 bits per heavy atom. The summed E-state index contributed by atoms with van der Waals surface area (Å²) in [4.78, 5) is 10.0. The highest BCUT2D eigenvalue weighted by atomic mass is 32.1. The van der Waals surface area contributed by atoms with Crippen LogP contribution in [0, 0.1) is 0 Å². The number of carboxylic acid groups (broad SMARTS) is 1. The molecule has 3 N–H and O–H groups in total. The molecule has 1 unspecified atom stereocenters. The Bertz CT molecular complexity index is 108. The highest BCUT2D eigenvalue weighted by Gasteiger charge is 2.04. The van der Waals surface area contributed by atoms with E-state index in [4.69, 9.17) is 10.8 Å². The molecule has 0 aromatic carbocycles. The van der Waals surface area contributed by atoms with E-state index < -0.39 is 5.97 Å². The van der Waals surface area contributed by atoms with Gasteiger partial charge < -0.3 is 10.8 Å². The van der Waals surface area contributed by atoms with Crippen molar-refractivity contribution in [1.82, 2.24) is 0 Å². The quantitative estimate of drug-likeness (QED) is 0.517. The molecule has 60 valence electrons. The summed E-state index contributed by atoms with van der Waals surface area (Å²) in [7, 11) is 0. The lowest BCUT2D eigenvalue weighted by molar-refractivity contribution is -0.137. The predicted octanol–water partition coefficient (Wildman–Crippen LogP) is 0.498. The molecule has 0 spiro atoms. The molecule has 0 amide bonds. The molecule has 1 atom stereocenters. The molecule has 0 aliphatic rings. The lowest BCUT2D eigenvalue weighted by Crippen LogP contribution is -2.10. The second kappa shape index (κ2) is 5.56. The minimum atomic E-state index is -0.768. The van der Waals surface area contributed by atoms with Gasteiger partial charge in [-0.1, -0.05) is 0 Å². The van der Waals surface area contributed by atoms with Gasteiger partial charge in [0, 0.05) is 11.7 Å². The first-order valence-electron chi connectivity index (χ1n) is 3.26. The van der Waals surface area contributed by atoms with Gasteiger partial charge in [-0.05, 0) is 19.4 Å². The molecule has 0 saturated heterocycles. The van der Waals surface area contributed by atoms with Crippen molar-refractivity contribution in [3.63, 3.8) is 0 Å². The average molecular weight is 163 g/mol. The van der Waals surface area contributed by atoms with Gasteiger partial charge in [0.1, 0.15) is 0 Å². The first kappa shape index (κ1) is 9.78. The third-order valence-corrected chi connectivity index (χ3v) is 1.71. The molecule has 0 radical (unpaired) electrons. The summed E-state index contributed by atoms with van der Waals surface area (Å²) in [5.41, 5.74) is 5.24. The van der Waals surface area contributed by atoms with Crippen molar-refractivity contribution in [2.24, 2.45) is 5.73 Å². The number of hydrogen-bond acceptors (Lipinski definition) is 3. The Morgan fingerprint density at radius 1 is 1.60 bits per heavy atom. The summed E-state index contributed by atoms with van der Waals surface area (Å²) < 4.78 is 0. The fraction of sp³-hybridized carbons (Fsp3) is 0.833. The maximum Gasteiger partial charge on any atom is 0.303 e. The van der Waals surface area contributed by atoms with E-state index in [2.05, 4.69) is 12.6 Å². The van der Waals surface area contributed by atoms with Gasteiger partial charge in [0.25, 0.3) is 0 Å². The molecular weight excluding hydrogens is 150 g/mol. The van der Waals surface area contributed by atoms with Gasteiger partial charge in [-0.3, -0.25) is 4.79 Å². The number of carbonyl (C=O) groups is 1. The smallest absolute Gasteiger partial charge is 0.303 e. The van der Waals surface area contributed by atoms with Crippen LogP contribution < -0.4 is 5.73 Å². The van der Waals surface area contributed by atoms with Crippen LogP contribution in [0.3, 0.4) is 0 Å². The molecule has 0 aliphatic carbocycles. The minimum absolute atomic E-state index is 0.140. The Morgan fingerprint density at radius 3 is 2.60 bits per heavy atom. The third-order valence-electron chi connectivity index (χ3n) is 1.19. The molecule has 0 aliphatic heterocycles. The van der Waals surface area contributed by atoms with E-state index in [1.54, 1.807) is 0 Å². The number of aliphatic carboxylic acids is 1. The zero-order chi connectivity index (χ0) is 7.98. The Labute approximate surface area is 66.0 Å². The van der Waals surface area contributed by atoms with E-state index in [0.717, 1.165) is 6.42 Å². The van der Waals surface area contributed by atoms with Crippen LogP contribution in [0.4, 0.5) is 0 Å². The third kappa shape index (κ3) is 5.91. The van der Waals surface area contributed by atoms with Crippen LogP contribution >= 0.6 is 12.6 Å². The topological polar surface area (TPSA) is 63.3 Å². The molecular formula is C6H13NO2S. The summed E-state index contributed by atoms with van der Waals surface area (Å²) in [5, 5.41) is 8.41. The van der Waals surface area contributed by atoms with Crippen LogP contribution in [0.1, 0.15) is 19.3 Å². The molecule has 0 aromatic heterocycles. The number of hydrogen-bond donors (Lipinski definition) is 3. The minimum Gasteiger partial charge on any atom is -0.481 e. The van der Waals surface area contributed by atoms with Crippen LogP contribution in [0.15, 0.2) is 0 Å². The molecule has 4 heteroatoms. The van der Waals surface area contributed by atoms with Crippen molar-refractivity contribution in [2.75, 3.05) is 6.54 Å². The number of rotatable bonds is 5. The monoisotopic (exact) mass is 163 g/mol. The van der Waals surface area contributed by atoms with Gasteiger partial charge >= 0.3 is 5.97 Å². The summed E-state index contributed by atoms with van der Waals surface area (Å²) in [6, 6.07) is 0. The number of carboxylic acids is 1. The fourth-order valence-electron chi connectivity index (χ4n) is 0.627. The first-order valence-corrected chi connectivity index (χ1v) is 3.78. The lowest BCUT2D eigenvalue weighted by atomic mass is 10.2. The van der Waals surface area contributed by atoms with E-state index in [9.17, 15) is 4.79 Å². The summed E-state index contributed by atoms with van der Waals surface area (Å²) in [6.45, 7) is 0.577. The van der Waals surface area contributed by atoms with Gasteiger partial charge in [0.2, 0.25) is 0 Å². The van der Waals surface area contributed by atoms with Crippen molar-refractivity contribution in [3.05, 3.63) is 0 Å². The largest absolute Gasteiger partial charge is 0.481 e.